The summed E-state index contributed by atoms with van der Waals surface area (Å²) in [7, 11) is 3.95. The maximum atomic E-state index is 14.4. The van der Waals surface area contributed by atoms with Gasteiger partial charge in [-0.15, -0.1) is 0 Å². The molecule has 0 aliphatic carbocycles. The summed E-state index contributed by atoms with van der Waals surface area (Å²) in [4.78, 5) is 27.3. The van der Waals surface area contributed by atoms with Crippen LogP contribution in [0.25, 0.3) is 20.9 Å². The van der Waals surface area contributed by atoms with Gasteiger partial charge in [0.25, 0.3) is 5.91 Å². The van der Waals surface area contributed by atoms with Gasteiger partial charge in [0, 0.05) is 58.3 Å². The van der Waals surface area contributed by atoms with Gasteiger partial charge in [-0.3, -0.25) is 10.2 Å². The number of aliphatic hydroxyl groups excluding tert-OH is 1. The van der Waals surface area contributed by atoms with Crippen LogP contribution in [-0.4, -0.2) is 67.7 Å². The smallest absolute Gasteiger partial charge is 0.266 e. The van der Waals surface area contributed by atoms with E-state index in [4.69, 9.17) is 19.6 Å². The monoisotopic (exact) mass is 612 g/mol. The summed E-state index contributed by atoms with van der Waals surface area (Å²) in [5.41, 5.74) is 25.0. The number of azide groups is 2. The third kappa shape index (κ3) is 8.30. The molecule has 3 aromatic carbocycles. The van der Waals surface area contributed by atoms with Crippen LogP contribution in [0.1, 0.15) is 35.6 Å². The normalized spacial score (nSPS) is 17.1. The largest absolute Gasteiger partial charge is 0.494 e. The second-order valence-corrected chi connectivity index (χ2v) is 10.6. The number of hydrogen-bond donors (Lipinski definition) is 3. The van der Waals surface area contributed by atoms with Gasteiger partial charge in [-0.25, -0.2) is 10.4 Å². The van der Waals surface area contributed by atoms with E-state index in [-0.39, 0.29) is 24.6 Å². The number of carbonyl (C=O) groups is 1. The van der Waals surface area contributed by atoms with Crippen molar-refractivity contribution in [2.75, 3.05) is 40.4 Å². The fourth-order valence-electron chi connectivity index (χ4n) is 4.94. The highest BCUT2D eigenvalue weighted by atomic mass is 16.5. The number of nitrogens with zero attached hydrogens (tertiary/aromatic N) is 8. The van der Waals surface area contributed by atoms with Crippen LogP contribution < -0.4 is 15.6 Å². The average Bonchev–Trinajstić information content (AvgIpc) is 3.43. The summed E-state index contributed by atoms with van der Waals surface area (Å²) in [6.45, 7) is 1.71. The van der Waals surface area contributed by atoms with E-state index in [1.54, 1.807) is 72.8 Å². The van der Waals surface area contributed by atoms with Crippen molar-refractivity contribution in [3.8, 4) is 5.75 Å². The van der Waals surface area contributed by atoms with Gasteiger partial charge in [0.15, 0.2) is 11.6 Å². The highest BCUT2D eigenvalue weighted by molar-refractivity contribution is 6.01. The molecular formula is C31H36N10O4. The van der Waals surface area contributed by atoms with Crippen LogP contribution in [0, 0.1) is 0 Å². The molecule has 0 spiro atoms. The molecule has 0 unspecified atom stereocenters. The van der Waals surface area contributed by atoms with Crippen LogP contribution in [0.15, 0.2) is 88.0 Å². The van der Waals surface area contributed by atoms with Crippen LogP contribution in [0.4, 0.5) is 11.4 Å². The number of aliphatic hydroxyl groups is 1. The number of amides is 1. The minimum absolute atomic E-state index is 0.00543. The molecule has 1 aliphatic heterocycles. The number of carbonyl (C=O) groups excluding carboxylic acids is 1. The second kappa shape index (κ2) is 16.1. The van der Waals surface area contributed by atoms with Gasteiger partial charge < -0.3 is 19.5 Å². The number of ether oxygens (including phenoxy) is 2. The molecule has 0 bridgehead atoms. The maximum Gasteiger partial charge on any atom is 0.266 e. The molecule has 1 heterocycles. The molecule has 4 rings (SSSR count). The highest BCUT2D eigenvalue weighted by Gasteiger charge is 2.54. The number of benzene rings is 3. The molecule has 1 amide bonds. The second-order valence-electron chi connectivity index (χ2n) is 10.6. The van der Waals surface area contributed by atoms with E-state index in [2.05, 4.69) is 30.9 Å². The Bertz CT molecular complexity index is 1580. The van der Waals surface area contributed by atoms with E-state index >= 15 is 0 Å². The molecule has 0 aromatic heterocycles. The molecule has 45 heavy (non-hydrogen) atoms. The van der Waals surface area contributed by atoms with Crippen molar-refractivity contribution in [3.63, 3.8) is 0 Å². The van der Waals surface area contributed by atoms with Gasteiger partial charge in [-0.05, 0) is 68.0 Å². The van der Waals surface area contributed by atoms with Crippen molar-refractivity contribution in [3.05, 3.63) is 110 Å². The van der Waals surface area contributed by atoms with Crippen LogP contribution in [0.3, 0.4) is 0 Å². The van der Waals surface area contributed by atoms with Crippen LogP contribution in [0.5, 0.6) is 5.75 Å². The lowest BCUT2D eigenvalue weighted by molar-refractivity contribution is -0.130. The minimum Gasteiger partial charge on any atom is -0.494 e. The molecule has 0 fully saturated rings. The van der Waals surface area contributed by atoms with Crippen LogP contribution >= 0.6 is 0 Å². The summed E-state index contributed by atoms with van der Waals surface area (Å²) < 4.78 is 12.2. The van der Waals surface area contributed by atoms with Crippen molar-refractivity contribution in [1.29, 1.82) is 0 Å². The lowest BCUT2D eigenvalue weighted by Gasteiger charge is -2.31. The first-order chi connectivity index (χ1) is 21.9. The Kier molecular flexibility index (Phi) is 11.7. The van der Waals surface area contributed by atoms with E-state index in [0.29, 0.717) is 47.7 Å². The third-order valence-corrected chi connectivity index (χ3v) is 7.11. The van der Waals surface area contributed by atoms with Gasteiger partial charge in [0.05, 0.1) is 6.61 Å². The molecule has 3 N–H and O–H groups in total. The van der Waals surface area contributed by atoms with Gasteiger partial charge in [0.1, 0.15) is 5.75 Å². The fourth-order valence-corrected chi connectivity index (χ4v) is 4.94. The average molecular weight is 613 g/mol. The summed E-state index contributed by atoms with van der Waals surface area (Å²) in [6.07, 6.45) is 0.245. The lowest BCUT2D eigenvalue weighted by atomic mass is 9.81. The first-order valence-corrected chi connectivity index (χ1v) is 14.5. The van der Waals surface area contributed by atoms with E-state index in [1.165, 1.54) is 0 Å². The van der Waals surface area contributed by atoms with Crippen molar-refractivity contribution in [2.45, 2.75) is 30.9 Å². The number of aliphatic imine (C=N–C) groups is 1. The summed E-state index contributed by atoms with van der Waals surface area (Å²) in [5.74, 6) is 0.315. The highest BCUT2D eigenvalue weighted by Crippen LogP contribution is 2.46. The van der Waals surface area contributed by atoms with Gasteiger partial charge in [0.2, 0.25) is 5.90 Å². The molecule has 14 heteroatoms. The Balaban J connectivity index is 1.82. The Morgan fingerprint density at radius 2 is 1.71 bits per heavy atom. The lowest BCUT2D eigenvalue weighted by Crippen LogP contribution is -2.54. The van der Waals surface area contributed by atoms with Gasteiger partial charge in [-0.2, -0.15) is 0 Å². The number of hydrazine groups is 1. The Morgan fingerprint density at radius 3 is 2.42 bits per heavy atom. The SMILES string of the molecule is CN(C)CCCNNC(=O)[C@@]1(Cc2ccccc2N=[N+]=[N-])N=C(c2ccc(OCCCO)cc2)O[C@H]1c1ccccc1N=[N+]=[N-]. The predicted octanol–water partition coefficient (Wildman–Crippen LogP) is 5.40. The zero-order chi connectivity index (χ0) is 32.1. The number of nitrogens with one attached hydrogen (secondary N) is 2. The first kappa shape index (κ1) is 32.8. The minimum atomic E-state index is -1.62. The molecule has 0 saturated carbocycles. The molecule has 2 atom stereocenters. The topological polar surface area (TPSA) is 193 Å². The molecule has 3 aromatic rings. The van der Waals surface area contributed by atoms with Crippen LogP contribution in [0.2, 0.25) is 0 Å². The van der Waals surface area contributed by atoms with Gasteiger partial charge >= 0.3 is 0 Å². The summed E-state index contributed by atoms with van der Waals surface area (Å²) in [6, 6.07) is 20.9. The first-order valence-electron chi connectivity index (χ1n) is 14.5. The van der Waals surface area contributed by atoms with Crippen molar-refractivity contribution in [1.82, 2.24) is 15.8 Å². The van der Waals surface area contributed by atoms with E-state index in [0.717, 1.165) is 13.0 Å². The molecule has 14 nitrogen and oxygen atoms in total. The van der Waals surface area contributed by atoms with E-state index < -0.39 is 17.6 Å². The summed E-state index contributed by atoms with van der Waals surface area (Å²) in [5, 5.41) is 16.8. The molecule has 0 saturated heterocycles. The number of rotatable bonds is 16. The molecular weight excluding hydrogens is 576 g/mol. The zero-order valence-electron chi connectivity index (χ0n) is 25.2. The predicted molar refractivity (Wildman–Crippen MR) is 170 cm³/mol. The van der Waals surface area contributed by atoms with E-state index in [1.807, 2.05) is 19.0 Å². The molecule has 234 valence electrons. The Morgan fingerprint density at radius 1 is 1.02 bits per heavy atom. The third-order valence-electron chi connectivity index (χ3n) is 7.11. The molecule has 1 aliphatic rings. The maximum absolute atomic E-state index is 14.4. The fraction of sp³-hybridized carbons (Fsp3) is 0.355. The van der Waals surface area contributed by atoms with Gasteiger partial charge in [-0.1, -0.05) is 58.8 Å². The van der Waals surface area contributed by atoms with E-state index in [9.17, 15) is 15.9 Å². The quantitative estimate of drug-likeness (QED) is 0.0637. The van der Waals surface area contributed by atoms with Crippen molar-refractivity contribution in [2.24, 2.45) is 15.2 Å². The molecule has 0 radical (unpaired) electrons. The number of hydrogen-bond acceptors (Lipinski definition) is 9. The van der Waals surface area contributed by atoms with Crippen molar-refractivity contribution < 1.29 is 19.4 Å². The Hall–Kier alpha value is -5.10. The summed E-state index contributed by atoms with van der Waals surface area (Å²) >= 11 is 0. The standard InChI is InChI=1S/C31H36N10O4/c1-41(2)18-7-17-34-38-30(43)31(21-23-9-3-5-11-26(23)36-39-32)28(25-10-4-6-12-27(25)37-40-33)45-29(35-31)22-13-15-24(16-14-22)44-20-8-19-42/h3-6,9-16,28,34,42H,7-8,17-21H2,1-2H3,(H,38,43)/t28-,31-/m0/s1. The van der Waals surface area contributed by atoms with Crippen LogP contribution in [-0.2, 0) is 16.0 Å². The Labute approximate surface area is 260 Å². The van der Waals surface area contributed by atoms with Crippen molar-refractivity contribution >= 4 is 23.2 Å². The zero-order valence-corrected chi connectivity index (χ0v) is 25.2.